The molecular formula is C18H21N5. The van der Waals surface area contributed by atoms with Crippen LogP contribution in [-0.2, 0) is 5.41 Å². The first-order valence-corrected chi connectivity index (χ1v) is 7.62. The minimum absolute atomic E-state index is 0.118. The monoisotopic (exact) mass is 307 g/mol. The first kappa shape index (κ1) is 15.2. The highest BCUT2D eigenvalue weighted by Gasteiger charge is 2.15. The smallest absolute Gasteiger partial charge is 0.187 e. The van der Waals surface area contributed by atoms with Gasteiger partial charge in [0.05, 0.1) is 5.69 Å². The molecule has 0 saturated carbocycles. The van der Waals surface area contributed by atoms with Crippen LogP contribution in [0.4, 0.5) is 5.69 Å². The largest absolute Gasteiger partial charge is 0.398 e. The summed E-state index contributed by atoms with van der Waals surface area (Å²) < 4.78 is 1.73. The molecule has 23 heavy (non-hydrogen) atoms. The summed E-state index contributed by atoms with van der Waals surface area (Å²) in [6, 6.07) is 14.2. The van der Waals surface area contributed by atoms with Crippen molar-refractivity contribution >= 4 is 5.69 Å². The fraction of sp³-hybridized carbons (Fsp3) is 0.278. The van der Waals surface area contributed by atoms with Crippen molar-refractivity contribution in [3.05, 3.63) is 53.6 Å². The third-order valence-corrected chi connectivity index (χ3v) is 3.98. The fourth-order valence-electron chi connectivity index (χ4n) is 2.42. The summed E-state index contributed by atoms with van der Waals surface area (Å²) in [5.41, 5.74) is 11.0. The van der Waals surface area contributed by atoms with E-state index < -0.39 is 0 Å². The van der Waals surface area contributed by atoms with Gasteiger partial charge in [0.25, 0.3) is 0 Å². The fourth-order valence-corrected chi connectivity index (χ4v) is 2.42. The van der Waals surface area contributed by atoms with Crippen LogP contribution in [0.5, 0.6) is 0 Å². The van der Waals surface area contributed by atoms with Gasteiger partial charge in [0.2, 0.25) is 0 Å². The van der Waals surface area contributed by atoms with Gasteiger partial charge in [0.1, 0.15) is 0 Å². The van der Waals surface area contributed by atoms with Crippen LogP contribution in [0.3, 0.4) is 0 Å². The molecule has 5 nitrogen and oxygen atoms in total. The second-order valence-corrected chi connectivity index (χ2v) is 6.78. The Morgan fingerprint density at radius 3 is 2.30 bits per heavy atom. The molecule has 0 unspecified atom stereocenters. The molecule has 118 valence electrons. The Morgan fingerprint density at radius 2 is 1.70 bits per heavy atom. The van der Waals surface area contributed by atoms with Crippen LogP contribution in [0.1, 0.15) is 31.9 Å². The SMILES string of the molecule is Cc1ccc(-c2nnnn2-c2ccc(C(C)(C)C)cc2)cc1N. The number of rotatable bonds is 2. The zero-order chi connectivity index (χ0) is 16.6. The quantitative estimate of drug-likeness (QED) is 0.735. The van der Waals surface area contributed by atoms with Crippen molar-refractivity contribution in [2.24, 2.45) is 0 Å². The van der Waals surface area contributed by atoms with Gasteiger partial charge in [-0.2, -0.15) is 4.68 Å². The number of hydrogen-bond donors (Lipinski definition) is 1. The van der Waals surface area contributed by atoms with Gasteiger partial charge in [0, 0.05) is 11.3 Å². The Kier molecular flexibility index (Phi) is 3.64. The maximum Gasteiger partial charge on any atom is 0.187 e. The molecule has 5 heteroatoms. The first-order chi connectivity index (χ1) is 10.9. The lowest BCUT2D eigenvalue weighted by Gasteiger charge is -2.19. The van der Waals surface area contributed by atoms with Gasteiger partial charge in [-0.25, -0.2) is 0 Å². The number of anilines is 1. The average molecular weight is 307 g/mol. The van der Waals surface area contributed by atoms with E-state index in [0.29, 0.717) is 5.82 Å². The van der Waals surface area contributed by atoms with E-state index in [-0.39, 0.29) is 5.41 Å². The molecule has 0 spiro atoms. The van der Waals surface area contributed by atoms with E-state index >= 15 is 0 Å². The van der Waals surface area contributed by atoms with Crippen LogP contribution < -0.4 is 5.73 Å². The van der Waals surface area contributed by atoms with Gasteiger partial charge >= 0.3 is 0 Å². The number of nitrogens with two attached hydrogens (primary N) is 1. The van der Waals surface area contributed by atoms with Crippen molar-refractivity contribution in [2.45, 2.75) is 33.1 Å². The predicted molar refractivity (Wildman–Crippen MR) is 92.4 cm³/mol. The summed E-state index contributed by atoms with van der Waals surface area (Å²) in [5.74, 6) is 0.681. The molecule has 2 N–H and O–H groups in total. The lowest BCUT2D eigenvalue weighted by atomic mass is 9.87. The summed E-state index contributed by atoms with van der Waals surface area (Å²) in [6.45, 7) is 8.56. The molecular weight excluding hydrogens is 286 g/mol. The molecule has 0 bridgehead atoms. The summed E-state index contributed by atoms with van der Waals surface area (Å²) in [7, 11) is 0. The molecule has 0 aliphatic rings. The molecule has 0 saturated heterocycles. The Balaban J connectivity index is 2.02. The Morgan fingerprint density at radius 1 is 1.00 bits per heavy atom. The van der Waals surface area contributed by atoms with Crippen LogP contribution in [0.25, 0.3) is 17.1 Å². The highest BCUT2D eigenvalue weighted by molar-refractivity contribution is 5.64. The maximum absolute atomic E-state index is 6.01. The van der Waals surface area contributed by atoms with Gasteiger partial charge in [-0.3, -0.25) is 0 Å². The van der Waals surface area contributed by atoms with Gasteiger partial charge in [-0.05, 0) is 52.1 Å². The summed E-state index contributed by atoms with van der Waals surface area (Å²) in [5, 5.41) is 12.1. The van der Waals surface area contributed by atoms with E-state index in [1.54, 1.807) is 4.68 Å². The number of benzene rings is 2. The minimum Gasteiger partial charge on any atom is -0.398 e. The van der Waals surface area contributed by atoms with Crippen molar-refractivity contribution in [3.63, 3.8) is 0 Å². The number of aryl methyl sites for hydroxylation is 1. The topological polar surface area (TPSA) is 69.6 Å². The third-order valence-electron chi connectivity index (χ3n) is 3.98. The average Bonchev–Trinajstić information content (AvgIpc) is 2.99. The third kappa shape index (κ3) is 2.95. The van der Waals surface area contributed by atoms with Gasteiger partial charge in [0.15, 0.2) is 5.82 Å². The lowest BCUT2D eigenvalue weighted by Crippen LogP contribution is -2.11. The van der Waals surface area contributed by atoms with E-state index in [4.69, 9.17) is 5.73 Å². The highest BCUT2D eigenvalue weighted by atomic mass is 15.5. The number of nitrogens with zero attached hydrogens (tertiary/aromatic N) is 4. The molecule has 3 aromatic rings. The molecule has 0 amide bonds. The van der Waals surface area contributed by atoms with E-state index in [1.807, 2.05) is 37.3 Å². The first-order valence-electron chi connectivity index (χ1n) is 7.62. The van der Waals surface area contributed by atoms with Crippen molar-refractivity contribution < 1.29 is 0 Å². The molecule has 0 aliphatic carbocycles. The highest BCUT2D eigenvalue weighted by Crippen LogP contribution is 2.26. The molecule has 3 rings (SSSR count). The number of nitrogen functional groups attached to an aromatic ring is 1. The van der Waals surface area contributed by atoms with Crippen LogP contribution in [0, 0.1) is 6.92 Å². The van der Waals surface area contributed by atoms with Crippen LogP contribution >= 0.6 is 0 Å². The second-order valence-electron chi connectivity index (χ2n) is 6.78. The van der Waals surface area contributed by atoms with Crippen LogP contribution in [-0.4, -0.2) is 20.2 Å². The van der Waals surface area contributed by atoms with E-state index in [0.717, 1.165) is 22.5 Å². The zero-order valence-corrected chi connectivity index (χ0v) is 13.9. The molecule has 0 radical (unpaired) electrons. The van der Waals surface area contributed by atoms with Crippen LogP contribution in [0.2, 0.25) is 0 Å². The lowest BCUT2D eigenvalue weighted by molar-refractivity contribution is 0.590. The van der Waals surface area contributed by atoms with Gasteiger partial charge in [-0.15, -0.1) is 5.10 Å². The Labute approximate surface area is 136 Å². The van der Waals surface area contributed by atoms with Crippen molar-refractivity contribution in [2.75, 3.05) is 5.73 Å². The van der Waals surface area contributed by atoms with E-state index in [1.165, 1.54) is 5.56 Å². The molecule has 0 atom stereocenters. The predicted octanol–water partition coefficient (Wildman–Crippen LogP) is 3.52. The summed E-state index contributed by atoms with van der Waals surface area (Å²) >= 11 is 0. The summed E-state index contributed by atoms with van der Waals surface area (Å²) in [6.07, 6.45) is 0. The maximum atomic E-state index is 6.01. The molecule has 1 aromatic heterocycles. The summed E-state index contributed by atoms with van der Waals surface area (Å²) in [4.78, 5) is 0. The number of hydrogen-bond acceptors (Lipinski definition) is 4. The number of aromatic nitrogens is 4. The van der Waals surface area contributed by atoms with Crippen molar-refractivity contribution in [1.29, 1.82) is 0 Å². The van der Waals surface area contributed by atoms with Crippen molar-refractivity contribution in [3.8, 4) is 17.1 Å². The molecule has 2 aromatic carbocycles. The van der Waals surface area contributed by atoms with Crippen LogP contribution in [0.15, 0.2) is 42.5 Å². The normalized spacial score (nSPS) is 11.7. The molecule has 1 heterocycles. The van der Waals surface area contributed by atoms with Crippen molar-refractivity contribution in [1.82, 2.24) is 20.2 Å². The Bertz CT molecular complexity index is 825. The molecule has 0 aliphatic heterocycles. The second kappa shape index (κ2) is 5.50. The zero-order valence-electron chi connectivity index (χ0n) is 13.9. The van der Waals surface area contributed by atoms with Gasteiger partial charge in [-0.1, -0.05) is 45.0 Å². The minimum atomic E-state index is 0.118. The molecule has 0 fully saturated rings. The van der Waals surface area contributed by atoms with E-state index in [9.17, 15) is 0 Å². The van der Waals surface area contributed by atoms with Gasteiger partial charge < -0.3 is 5.73 Å². The standard InChI is InChI=1S/C18H21N5/c1-12-5-6-13(11-16(12)19)17-20-21-22-23(17)15-9-7-14(8-10-15)18(2,3)4/h5-11H,19H2,1-4H3. The Hall–Kier alpha value is -2.69. The number of tetrazole rings is 1. The van der Waals surface area contributed by atoms with E-state index in [2.05, 4.69) is 48.4 Å².